The number of hydrogen-bond donors (Lipinski definition) is 2. The fourth-order valence-electron chi connectivity index (χ4n) is 2.27. The van der Waals surface area contributed by atoms with Crippen molar-refractivity contribution in [1.29, 1.82) is 0 Å². The summed E-state index contributed by atoms with van der Waals surface area (Å²) in [6, 6.07) is 0. The SMILES string of the molecule is CCCCN(CC(N)=O)c1ncnc(NCC)c1CCC. The summed E-state index contributed by atoms with van der Waals surface area (Å²) in [5.74, 6) is 1.35. The number of anilines is 2. The second-order valence-corrected chi connectivity index (χ2v) is 5.05. The Morgan fingerprint density at radius 3 is 2.62 bits per heavy atom. The van der Waals surface area contributed by atoms with Crippen molar-refractivity contribution in [2.45, 2.75) is 46.5 Å². The summed E-state index contributed by atoms with van der Waals surface area (Å²) in [5.41, 5.74) is 6.45. The highest BCUT2D eigenvalue weighted by Gasteiger charge is 2.17. The molecule has 0 aliphatic heterocycles. The number of primary amides is 1. The number of nitrogens with two attached hydrogens (primary N) is 1. The lowest BCUT2D eigenvalue weighted by atomic mass is 10.1. The summed E-state index contributed by atoms with van der Waals surface area (Å²) < 4.78 is 0. The summed E-state index contributed by atoms with van der Waals surface area (Å²) in [6.45, 7) is 8.06. The number of unbranched alkanes of at least 4 members (excludes halogenated alkanes) is 1. The van der Waals surface area contributed by atoms with Crippen LogP contribution in [0.2, 0.25) is 0 Å². The Kier molecular flexibility index (Phi) is 7.50. The molecule has 1 amide bonds. The zero-order valence-corrected chi connectivity index (χ0v) is 13.4. The molecule has 0 unspecified atom stereocenters. The zero-order chi connectivity index (χ0) is 15.7. The summed E-state index contributed by atoms with van der Waals surface area (Å²) in [4.78, 5) is 22.1. The van der Waals surface area contributed by atoms with E-state index in [2.05, 4.69) is 29.1 Å². The Bertz CT molecular complexity index is 450. The van der Waals surface area contributed by atoms with E-state index in [0.717, 1.165) is 56.0 Å². The van der Waals surface area contributed by atoms with Gasteiger partial charge in [-0.05, 0) is 19.8 Å². The average molecular weight is 293 g/mol. The molecule has 118 valence electrons. The lowest BCUT2D eigenvalue weighted by molar-refractivity contribution is -0.116. The van der Waals surface area contributed by atoms with Gasteiger partial charge in [0, 0.05) is 18.7 Å². The average Bonchev–Trinajstić information content (AvgIpc) is 2.45. The molecule has 0 saturated carbocycles. The van der Waals surface area contributed by atoms with Gasteiger partial charge in [-0.3, -0.25) is 4.79 Å². The van der Waals surface area contributed by atoms with E-state index < -0.39 is 0 Å². The molecule has 0 saturated heterocycles. The quantitative estimate of drug-likeness (QED) is 0.689. The molecule has 1 aromatic rings. The van der Waals surface area contributed by atoms with Gasteiger partial charge in [-0.25, -0.2) is 9.97 Å². The molecule has 1 rings (SSSR count). The third-order valence-corrected chi connectivity index (χ3v) is 3.19. The van der Waals surface area contributed by atoms with Gasteiger partial charge in [0.2, 0.25) is 5.91 Å². The highest BCUT2D eigenvalue weighted by atomic mass is 16.1. The Balaban J connectivity index is 3.14. The normalized spacial score (nSPS) is 10.4. The monoisotopic (exact) mass is 293 g/mol. The third kappa shape index (κ3) is 5.21. The maximum atomic E-state index is 11.3. The molecule has 21 heavy (non-hydrogen) atoms. The predicted octanol–water partition coefficient (Wildman–Crippen LogP) is 1.95. The van der Waals surface area contributed by atoms with Gasteiger partial charge in [0.15, 0.2) is 0 Å². The van der Waals surface area contributed by atoms with E-state index in [0.29, 0.717) is 0 Å². The predicted molar refractivity (Wildman–Crippen MR) is 86.5 cm³/mol. The molecule has 0 radical (unpaired) electrons. The van der Waals surface area contributed by atoms with Crippen LogP contribution >= 0.6 is 0 Å². The fourth-order valence-corrected chi connectivity index (χ4v) is 2.27. The van der Waals surface area contributed by atoms with E-state index >= 15 is 0 Å². The molecule has 0 aromatic carbocycles. The lowest BCUT2D eigenvalue weighted by Gasteiger charge is -2.25. The number of nitrogens with one attached hydrogen (secondary N) is 1. The molecule has 0 bridgehead atoms. The zero-order valence-electron chi connectivity index (χ0n) is 13.4. The number of nitrogens with zero attached hydrogens (tertiary/aromatic N) is 3. The molecule has 0 atom stereocenters. The minimum atomic E-state index is -0.336. The van der Waals surface area contributed by atoms with Gasteiger partial charge in [-0.2, -0.15) is 0 Å². The standard InChI is InChI=1S/C15H27N5O/c1-4-7-9-20(10-13(16)21)15-12(8-5-2)14(17-6-3)18-11-19-15/h11H,4-10H2,1-3H3,(H2,16,21)(H,17,18,19). The minimum Gasteiger partial charge on any atom is -0.370 e. The first kappa shape index (κ1) is 17.2. The third-order valence-electron chi connectivity index (χ3n) is 3.19. The first-order valence-electron chi connectivity index (χ1n) is 7.74. The van der Waals surface area contributed by atoms with Crippen LogP contribution in [0.25, 0.3) is 0 Å². The van der Waals surface area contributed by atoms with E-state index in [4.69, 9.17) is 5.73 Å². The smallest absolute Gasteiger partial charge is 0.236 e. The number of aromatic nitrogens is 2. The van der Waals surface area contributed by atoms with Crippen molar-refractivity contribution in [3.8, 4) is 0 Å². The summed E-state index contributed by atoms with van der Waals surface area (Å²) in [5, 5.41) is 3.27. The van der Waals surface area contributed by atoms with E-state index in [-0.39, 0.29) is 12.5 Å². The van der Waals surface area contributed by atoms with Crippen LogP contribution in [-0.4, -0.2) is 35.5 Å². The molecule has 6 nitrogen and oxygen atoms in total. The van der Waals surface area contributed by atoms with Gasteiger partial charge >= 0.3 is 0 Å². The largest absolute Gasteiger partial charge is 0.370 e. The van der Waals surface area contributed by atoms with Crippen LogP contribution in [0, 0.1) is 0 Å². The summed E-state index contributed by atoms with van der Waals surface area (Å²) >= 11 is 0. The van der Waals surface area contributed by atoms with E-state index in [1.807, 2.05) is 11.8 Å². The van der Waals surface area contributed by atoms with Crippen LogP contribution in [0.4, 0.5) is 11.6 Å². The van der Waals surface area contributed by atoms with Crippen molar-refractivity contribution in [3.05, 3.63) is 11.9 Å². The van der Waals surface area contributed by atoms with Crippen LogP contribution < -0.4 is 16.0 Å². The summed E-state index contributed by atoms with van der Waals surface area (Å²) in [6.07, 6.45) is 5.48. The molecular formula is C15H27N5O. The molecule has 0 spiro atoms. The number of amides is 1. The molecule has 0 fully saturated rings. The summed E-state index contributed by atoms with van der Waals surface area (Å²) in [7, 11) is 0. The maximum Gasteiger partial charge on any atom is 0.236 e. The van der Waals surface area contributed by atoms with E-state index in [9.17, 15) is 4.79 Å². The number of hydrogen-bond acceptors (Lipinski definition) is 5. The van der Waals surface area contributed by atoms with Gasteiger partial charge in [0.05, 0.1) is 6.54 Å². The van der Waals surface area contributed by atoms with Gasteiger partial charge in [0.1, 0.15) is 18.0 Å². The maximum absolute atomic E-state index is 11.3. The minimum absolute atomic E-state index is 0.194. The molecule has 6 heteroatoms. The molecular weight excluding hydrogens is 266 g/mol. The first-order chi connectivity index (χ1) is 10.1. The van der Waals surface area contributed by atoms with Crippen LogP contribution in [-0.2, 0) is 11.2 Å². The van der Waals surface area contributed by atoms with Gasteiger partial charge < -0.3 is 16.0 Å². The van der Waals surface area contributed by atoms with Crippen LogP contribution in [0.15, 0.2) is 6.33 Å². The topological polar surface area (TPSA) is 84.1 Å². The van der Waals surface area contributed by atoms with E-state index in [1.165, 1.54) is 0 Å². The number of carbonyl (C=O) groups excluding carboxylic acids is 1. The molecule has 0 aliphatic carbocycles. The highest BCUT2D eigenvalue weighted by Crippen LogP contribution is 2.25. The Morgan fingerprint density at radius 2 is 2.05 bits per heavy atom. The Labute approximate surface area is 127 Å². The molecule has 3 N–H and O–H groups in total. The first-order valence-corrected chi connectivity index (χ1v) is 7.74. The van der Waals surface area contributed by atoms with Crippen LogP contribution in [0.3, 0.4) is 0 Å². The highest BCUT2D eigenvalue weighted by molar-refractivity contribution is 5.79. The van der Waals surface area contributed by atoms with Gasteiger partial charge in [0.25, 0.3) is 0 Å². The van der Waals surface area contributed by atoms with Crippen molar-refractivity contribution in [2.75, 3.05) is 29.9 Å². The van der Waals surface area contributed by atoms with Crippen molar-refractivity contribution < 1.29 is 4.79 Å². The van der Waals surface area contributed by atoms with Gasteiger partial charge in [-0.15, -0.1) is 0 Å². The van der Waals surface area contributed by atoms with Crippen molar-refractivity contribution >= 4 is 17.5 Å². The second-order valence-electron chi connectivity index (χ2n) is 5.05. The Morgan fingerprint density at radius 1 is 1.29 bits per heavy atom. The second kappa shape index (κ2) is 9.15. The molecule has 1 aromatic heterocycles. The Hall–Kier alpha value is -1.85. The lowest BCUT2D eigenvalue weighted by Crippen LogP contribution is -2.36. The van der Waals surface area contributed by atoms with Gasteiger partial charge in [-0.1, -0.05) is 26.7 Å². The van der Waals surface area contributed by atoms with Crippen LogP contribution in [0.1, 0.15) is 45.6 Å². The van der Waals surface area contributed by atoms with Crippen molar-refractivity contribution in [3.63, 3.8) is 0 Å². The van der Waals surface area contributed by atoms with Crippen molar-refractivity contribution in [1.82, 2.24) is 9.97 Å². The molecule has 0 aliphatic rings. The number of carbonyl (C=O) groups is 1. The number of rotatable bonds is 10. The van der Waals surface area contributed by atoms with E-state index in [1.54, 1.807) is 6.33 Å². The fraction of sp³-hybridized carbons (Fsp3) is 0.667. The molecule has 1 heterocycles. The van der Waals surface area contributed by atoms with Crippen LogP contribution in [0.5, 0.6) is 0 Å². The van der Waals surface area contributed by atoms with Crippen molar-refractivity contribution in [2.24, 2.45) is 5.73 Å².